The Hall–Kier alpha value is -0.600. The molecule has 1 nitrogen and oxygen atoms in total. The van der Waals surface area contributed by atoms with E-state index in [4.69, 9.17) is 52.1 Å². The molecule has 2 aromatic carbocycles. The summed E-state index contributed by atoms with van der Waals surface area (Å²) in [5.41, 5.74) is 7.77. The molecule has 0 aliphatic rings. The molecule has 0 aliphatic carbocycles. The van der Waals surface area contributed by atoms with Crippen molar-refractivity contribution in [3.63, 3.8) is 0 Å². The molecule has 0 fully saturated rings. The van der Waals surface area contributed by atoms with Crippen molar-refractivity contribution >= 4 is 52.1 Å². The van der Waals surface area contributed by atoms with Gasteiger partial charge in [0.25, 0.3) is 0 Å². The van der Waals surface area contributed by atoms with Crippen molar-refractivity contribution in [3.8, 4) is 11.1 Å². The number of nitrogen functional groups attached to an aromatic ring is 1. The lowest BCUT2D eigenvalue weighted by Crippen LogP contribution is -1.91. The van der Waals surface area contributed by atoms with Gasteiger partial charge in [-0.2, -0.15) is 0 Å². The highest BCUT2D eigenvalue weighted by atomic mass is 35.5. The highest BCUT2D eigenvalue weighted by Crippen LogP contribution is 2.42. The van der Waals surface area contributed by atoms with Crippen LogP contribution in [-0.2, 0) is 0 Å². The summed E-state index contributed by atoms with van der Waals surface area (Å²) < 4.78 is 0. The maximum atomic E-state index is 6.15. The van der Waals surface area contributed by atoms with Gasteiger partial charge in [-0.1, -0.05) is 58.5 Å². The van der Waals surface area contributed by atoms with Crippen LogP contribution in [0, 0.1) is 0 Å². The van der Waals surface area contributed by atoms with Crippen molar-refractivity contribution in [2.24, 2.45) is 0 Å². The zero-order valence-corrected chi connectivity index (χ0v) is 11.5. The molecule has 0 heterocycles. The predicted molar refractivity (Wildman–Crippen MR) is 76.3 cm³/mol. The summed E-state index contributed by atoms with van der Waals surface area (Å²) in [6.45, 7) is 0. The second-order valence-electron chi connectivity index (χ2n) is 3.43. The Kier molecular flexibility index (Phi) is 3.74. The van der Waals surface area contributed by atoms with Crippen molar-refractivity contribution in [2.75, 3.05) is 5.73 Å². The third-order valence-corrected chi connectivity index (χ3v) is 3.96. The van der Waals surface area contributed by atoms with Gasteiger partial charge in [0.05, 0.1) is 20.1 Å². The molecule has 0 aliphatic heterocycles. The summed E-state index contributed by atoms with van der Waals surface area (Å²) in [7, 11) is 0. The molecule has 0 aromatic heterocycles. The Bertz CT molecular complexity index is 561. The first-order valence-electron chi connectivity index (χ1n) is 4.70. The molecule has 0 bridgehead atoms. The fourth-order valence-corrected chi connectivity index (χ4v) is 2.46. The van der Waals surface area contributed by atoms with E-state index < -0.39 is 0 Å². The quantitative estimate of drug-likeness (QED) is 0.542. The minimum Gasteiger partial charge on any atom is -0.398 e. The molecule has 17 heavy (non-hydrogen) atoms. The SMILES string of the molecule is Nc1cccc(Cl)c1-c1ccc(Cl)c(Cl)c1Cl. The van der Waals surface area contributed by atoms with Gasteiger partial charge in [0.2, 0.25) is 0 Å². The van der Waals surface area contributed by atoms with E-state index in [9.17, 15) is 0 Å². The minimum absolute atomic E-state index is 0.296. The van der Waals surface area contributed by atoms with Crippen LogP contribution in [0.2, 0.25) is 20.1 Å². The minimum atomic E-state index is 0.296. The Balaban J connectivity index is 2.74. The molecular weight excluding hydrogens is 300 g/mol. The highest BCUT2D eigenvalue weighted by molar-refractivity contribution is 6.49. The summed E-state index contributed by atoms with van der Waals surface area (Å²) in [5, 5.41) is 1.56. The van der Waals surface area contributed by atoms with Gasteiger partial charge in [-0.05, 0) is 18.2 Å². The van der Waals surface area contributed by atoms with E-state index in [0.717, 1.165) is 0 Å². The summed E-state index contributed by atoms with van der Waals surface area (Å²) in [6.07, 6.45) is 0. The fourth-order valence-electron chi connectivity index (χ4n) is 1.54. The van der Waals surface area contributed by atoms with Gasteiger partial charge < -0.3 is 5.73 Å². The van der Waals surface area contributed by atoms with Gasteiger partial charge in [0.15, 0.2) is 0 Å². The van der Waals surface area contributed by atoms with Crippen LogP contribution < -0.4 is 5.73 Å². The van der Waals surface area contributed by atoms with Crippen molar-refractivity contribution < 1.29 is 0 Å². The summed E-state index contributed by atoms with van der Waals surface area (Å²) >= 11 is 24.1. The average molecular weight is 307 g/mol. The van der Waals surface area contributed by atoms with Gasteiger partial charge in [-0.25, -0.2) is 0 Å². The smallest absolute Gasteiger partial charge is 0.0784 e. The molecule has 0 unspecified atom stereocenters. The first kappa shape index (κ1) is 12.8. The van der Waals surface area contributed by atoms with Gasteiger partial charge in [-0.3, -0.25) is 0 Å². The Labute approximate surface area is 119 Å². The lowest BCUT2D eigenvalue weighted by molar-refractivity contribution is 1.60. The zero-order chi connectivity index (χ0) is 12.6. The number of hydrogen-bond donors (Lipinski definition) is 1. The largest absolute Gasteiger partial charge is 0.398 e. The summed E-state index contributed by atoms with van der Waals surface area (Å²) in [5.74, 6) is 0. The van der Waals surface area contributed by atoms with Crippen LogP contribution >= 0.6 is 46.4 Å². The third kappa shape index (κ3) is 2.34. The lowest BCUT2D eigenvalue weighted by Gasteiger charge is -2.11. The number of nitrogens with two attached hydrogens (primary N) is 1. The van der Waals surface area contributed by atoms with Crippen LogP contribution in [-0.4, -0.2) is 0 Å². The van der Waals surface area contributed by atoms with E-state index in [1.807, 2.05) is 0 Å². The van der Waals surface area contributed by atoms with E-state index in [2.05, 4.69) is 0 Å². The van der Waals surface area contributed by atoms with Crippen LogP contribution in [0.25, 0.3) is 11.1 Å². The molecule has 88 valence electrons. The predicted octanol–water partition coefficient (Wildman–Crippen LogP) is 5.55. The standard InChI is InChI=1S/C12H7Cl4N/c13-7-2-1-3-9(17)10(7)6-4-5-8(14)12(16)11(6)15/h1-5H,17H2. The Morgan fingerprint density at radius 1 is 0.765 bits per heavy atom. The van der Waals surface area contributed by atoms with Crippen molar-refractivity contribution in [2.45, 2.75) is 0 Å². The molecule has 0 radical (unpaired) electrons. The molecule has 2 aromatic rings. The van der Waals surface area contributed by atoms with Gasteiger partial charge in [0, 0.05) is 16.8 Å². The fraction of sp³-hybridized carbons (Fsp3) is 0. The van der Waals surface area contributed by atoms with E-state index in [1.54, 1.807) is 30.3 Å². The van der Waals surface area contributed by atoms with Gasteiger partial charge in [0.1, 0.15) is 0 Å². The van der Waals surface area contributed by atoms with Crippen LogP contribution in [0.3, 0.4) is 0 Å². The maximum Gasteiger partial charge on any atom is 0.0784 e. The molecule has 2 N–H and O–H groups in total. The van der Waals surface area contributed by atoms with Crippen LogP contribution in [0.1, 0.15) is 0 Å². The Morgan fingerprint density at radius 3 is 2.12 bits per heavy atom. The van der Waals surface area contributed by atoms with Crippen LogP contribution in [0.5, 0.6) is 0 Å². The van der Waals surface area contributed by atoms with E-state index >= 15 is 0 Å². The van der Waals surface area contributed by atoms with Crippen LogP contribution in [0.15, 0.2) is 30.3 Å². The molecule has 0 saturated carbocycles. The lowest BCUT2D eigenvalue weighted by atomic mass is 10.0. The van der Waals surface area contributed by atoms with E-state index in [0.29, 0.717) is 36.9 Å². The maximum absolute atomic E-state index is 6.15. The van der Waals surface area contributed by atoms with Gasteiger partial charge >= 0.3 is 0 Å². The molecule has 0 amide bonds. The molecular formula is C12H7Cl4N. The van der Waals surface area contributed by atoms with Crippen LogP contribution in [0.4, 0.5) is 5.69 Å². The molecule has 0 saturated heterocycles. The first-order chi connectivity index (χ1) is 8.02. The number of anilines is 1. The topological polar surface area (TPSA) is 26.0 Å². The third-order valence-electron chi connectivity index (χ3n) is 2.35. The molecule has 5 heteroatoms. The molecule has 0 atom stereocenters. The summed E-state index contributed by atoms with van der Waals surface area (Å²) in [4.78, 5) is 0. The highest BCUT2D eigenvalue weighted by Gasteiger charge is 2.14. The molecule has 0 spiro atoms. The molecule has 2 rings (SSSR count). The number of hydrogen-bond acceptors (Lipinski definition) is 1. The van der Waals surface area contributed by atoms with E-state index in [-0.39, 0.29) is 0 Å². The number of rotatable bonds is 1. The van der Waals surface area contributed by atoms with Gasteiger partial charge in [-0.15, -0.1) is 0 Å². The van der Waals surface area contributed by atoms with Crippen molar-refractivity contribution in [1.82, 2.24) is 0 Å². The van der Waals surface area contributed by atoms with Crippen molar-refractivity contribution in [1.29, 1.82) is 0 Å². The summed E-state index contributed by atoms with van der Waals surface area (Å²) in [6, 6.07) is 8.67. The zero-order valence-electron chi connectivity index (χ0n) is 8.48. The monoisotopic (exact) mass is 305 g/mol. The van der Waals surface area contributed by atoms with E-state index in [1.165, 1.54) is 0 Å². The first-order valence-corrected chi connectivity index (χ1v) is 6.21. The average Bonchev–Trinajstić information content (AvgIpc) is 2.29. The number of benzene rings is 2. The second-order valence-corrected chi connectivity index (χ2v) is 5.00. The number of halogens is 4. The Morgan fingerprint density at radius 2 is 1.47 bits per heavy atom. The van der Waals surface area contributed by atoms with Crippen molar-refractivity contribution in [3.05, 3.63) is 50.4 Å². The second kappa shape index (κ2) is 4.95. The normalized spacial score (nSPS) is 10.6.